The van der Waals surface area contributed by atoms with E-state index in [9.17, 15) is 4.79 Å². The molecule has 1 fully saturated rings. The van der Waals surface area contributed by atoms with E-state index >= 15 is 0 Å². The van der Waals surface area contributed by atoms with Crippen LogP contribution in [-0.4, -0.2) is 36.0 Å². The van der Waals surface area contributed by atoms with Crippen LogP contribution in [0.1, 0.15) is 34.1 Å². The molecule has 1 saturated heterocycles. The molecular formula is C22H22N2O2S. The molecule has 2 aromatic carbocycles. The number of hydrogen-bond acceptors (Lipinski definition) is 4. The summed E-state index contributed by atoms with van der Waals surface area (Å²) in [6.45, 7) is 1.50. The number of amides is 1. The van der Waals surface area contributed by atoms with Crippen molar-refractivity contribution >= 4 is 17.2 Å². The molecule has 4 rings (SSSR count). The van der Waals surface area contributed by atoms with E-state index in [2.05, 4.69) is 17.1 Å². The minimum absolute atomic E-state index is 0.0437. The Bertz CT molecular complexity index is 901. The maximum atomic E-state index is 13.2. The normalized spacial score (nSPS) is 14.9. The molecule has 0 spiro atoms. The summed E-state index contributed by atoms with van der Waals surface area (Å²) < 4.78 is 5.47. The van der Waals surface area contributed by atoms with Gasteiger partial charge in [0.2, 0.25) is 0 Å². The van der Waals surface area contributed by atoms with Crippen LogP contribution in [0.25, 0.3) is 11.1 Å². The largest absolute Gasteiger partial charge is 0.496 e. The fraction of sp³-hybridized carbons (Fsp3) is 0.273. The van der Waals surface area contributed by atoms with Crippen LogP contribution in [0.2, 0.25) is 0 Å². The van der Waals surface area contributed by atoms with Crippen LogP contribution in [0, 0.1) is 0 Å². The maximum absolute atomic E-state index is 13.2. The third-order valence-electron chi connectivity index (χ3n) is 5.12. The van der Waals surface area contributed by atoms with E-state index in [1.54, 1.807) is 18.4 Å². The average molecular weight is 378 g/mol. The Morgan fingerprint density at radius 3 is 2.56 bits per heavy atom. The van der Waals surface area contributed by atoms with E-state index in [0.29, 0.717) is 17.2 Å². The van der Waals surface area contributed by atoms with Gasteiger partial charge in [-0.2, -0.15) is 0 Å². The molecular weight excluding hydrogens is 356 g/mol. The first-order valence-corrected chi connectivity index (χ1v) is 10.1. The molecule has 1 aromatic heterocycles. The van der Waals surface area contributed by atoms with Gasteiger partial charge >= 0.3 is 0 Å². The number of carbonyl (C=O) groups excluding carboxylic acids is 1. The summed E-state index contributed by atoms with van der Waals surface area (Å²) in [6, 6.07) is 15.9. The zero-order valence-corrected chi connectivity index (χ0v) is 16.1. The molecule has 0 bridgehead atoms. The molecule has 5 heteroatoms. The molecule has 4 nitrogen and oxygen atoms in total. The molecule has 1 aliphatic rings. The van der Waals surface area contributed by atoms with Crippen LogP contribution < -0.4 is 4.74 Å². The lowest BCUT2D eigenvalue weighted by atomic mass is 9.96. The number of aromatic nitrogens is 1. The number of nitrogens with zero attached hydrogens (tertiary/aromatic N) is 2. The van der Waals surface area contributed by atoms with Crippen LogP contribution >= 0.6 is 11.3 Å². The lowest BCUT2D eigenvalue weighted by Crippen LogP contribution is -2.38. The number of carbonyl (C=O) groups is 1. The van der Waals surface area contributed by atoms with Crippen LogP contribution in [0.5, 0.6) is 5.75 Å². The van der Waals surface area contributed by atoms with Gasteiger partial charge in [-0.25, -0.2) is 4.98 Å². The predicted octanol–water partition coefficient (Wildman–Crippen LogP) is 4.84. The van der Waals surface area contributed by atoms with Crippen molar-refractivity contribution in [3.8, 4) is 16.9 Å². The Morgan fingerprint density at radius 1 is 1.11 bits per heavy atom. The molecule has 0 radical (unpaired) electrons. The van der Waals surface area contributed by atoms with Crippen molar-refractivity contribution in [2.75, 3.05) is 20.2 Å². The van der Waals surface area contributed by atoms with Crippen molar-refractivity contribution in [3.05, 3.63) is 70.7 Å². The molecule has 0 unspecified atom stereocenters. The van der Waals surface area contributed by atoms with Crippen molar-refractivity contribution in [3.63, 3.8) is 0 Å². The summed E-state index contributed by atoms with van der Waals surface area (Å²) in [7, 11) is 1.61. The number of hydrogen-bond donors (Lipinski definition) is 0. The molecule has 1 aliphatic heterocycles. The number of likely N-dealkylation sites (tertiary alicyclic amines) is 1. The summed E-state index contributed by atoms with van der Waals surface area (Å²) >= 11 is 1.71. The summed E-state index contributed by atoms with van der Waals surface area (Å²) in [5, 5.41) is 3.21. The molecule has 0 N–H and O–H groups in total. The Hall–Kier alpha value is -2.66. The third kappa shape index (κ3) is 3.74. The molecule has 138 valence electrons. The van der Waals surface area contributed by atoms with Gasteiger partial charge in [-0.1, -0.05) is 36.4 Å². The van der Waals surface area contributed by atoms with Crippen LogP contribution in [0.4, 0.5) is 0 Å². The summed E-state index contributed by atoms with van der Waals surface area (Å²) in [5.74, 6) is 1.13. The van der Waals surface area contributed by atoms with Gasteiger partial charge in [-0.15, -0.1) is 11.3 Å². The second-order valence-corrected chi connectivity index (χ2v) is 7.64. The number of ether oxygens (including phenoxy) is 1. The first-order valence-electron chi connectivity index (χ1n) is 9.18. The van der Waals surface area contributed by atoms with Crippen molar-refractivity contribution in [2.24, 2.45) is 0 Å². The highest BCUT2D eigenvalue weighted by molar-refractivity contribution is 7.09. The van der Waals surface area contributed by atoms with Gasteiger partial charge < -0.3 is 9.64 Å². The highest BCUT2D eigenvalue weighted by Crippen LogP contribution is 2.32. The van der Waals surface area contributed by atoms with Crippen LogP contribution in [-0.2, 0) is 0 Å². The topological polar surface area (TPSA) is 42.4 Å². The van der Waals surface area contributed by atoms with E-state index in [-0.39, 0.29) is 5.91 Å². The molecule has 27 heavy (non-hydrogen) atoms. The highest BCUT2D eigenvalue weighted by atomic mass is 32.1. The fourth-order valence-electron chi connectivity index (χ4n) is 3.62. The summed E-state index contributed by atoms with van der Waals surface area (Å²) in [4.78, 5) is 19.6. The zero-order valence-electron chi connectivity index (χ0n) is 15.3. The lowest BCUT2D eigenvalue weighted by Gasteiger charge is -2.31. The Morgan fingerprint density at radius 2 is 1.89 bits per heavy atom. The Balaban J connectivity index is 1.54. The standard InChI is InChI=1S/C22H22N2O2S/c1-26-20-8-7-18(16-5-3-2-4-6-16)15-19(20)22(25)24-12-9-17(10-13-24)21-23-11-14-27-21/h2-8,11,14-15,17H,9-10,12-13H2,1H3. The molecule has 0 atom stereocenters. The smallest absolute Gasteiger partial charge is 0.257 e. The minimum atomic E-state index is 0.0437. The minimum Gasteiger partial charge on any atom is -0.496 e. The molecule has 1 amide bonds. The fourth-order valence-corrected chi connectivity index (χ4v) is 4.43. The highest BCUT2D eigenvalue weighted by Gasteiger charge is 2.27. The van der Waals surface area contributed by atoms with E-state index in [4.69, 9.17) is 4.74 Å². The van der Waals surface area contributed by atoms with Gasteiger partial charge in [0.25, 0.3) is 5.91 Å². The van der Waals surface area contributed by atoms with Crippen molar-refractivity contribution < 1.29 is 9.53 Å². The summed E-state index contributed by atoms with van der Waals surface area (Å²) in [5.41, 5.74) is 2.75. The Labute approximate surface area is 163 Å². The van der Waals surface area contributed by atoms with Gasteiger partial charge in [-0.3, -0.25) is 4.79 Å². The number of methoxy groups -OCH3 is 1. The number of piperidine rings is 1. The first kappa shape index (κ1) is 17.7. The molecule has 2 heterocycles. The average Bonchev–Trinajstić information content (AvgIpc) is 3.28. The van der Waals surface area contributed by atoms with E-state index in [1.165, 1.54) is 5.01 Å². The Kier molecular flexibility index (Phi) is 5.21. The van der Waals surface area contributed by atoms with Crippen molar-refractivity contribution in [2.45, 2.75) is 18.8 Å². The van der Waals surface area contributed by atoms with Gasteiger partial charge in [0.1, 0.15) is 5.75 Å². The van der Waals surface area contributed by atoms with E-state index in [1.807, 2.05) is 52.9 Å². The predicted molar refractivity (Wildman–Crippen MR) is 108 cm³/mol. The molecule has 0 aliphatic carbocycles. The second-order valence-electron chi connectivity index (χ2n) is 6.72. The SMILES string of the molecule is COc1ccc(-c2ccccc2)cc1C(=O)N1CCC(c2nccs2)CC1. The monoisotopic (exact) mass is 378 g/mol. The second kappa shape index (κ2) is 7.92. The van der Waals surface area contributed by atoms with Gasteiger partial charge in [-0.05, 0) is 36.1 Å². The van der Waals surface area contributed by atoms with Crippen LogP contribution in [0.3, 0.4) is 0 Å². The van der Waals surface area contributed by atoms with Crippen LogP contribution in [0.15, 0.2) is 60.1 Å². The lowest BCUT2D eigenvalue weighted by molar-refractivity contribution is 0.0709. The zero-order chi connectivity index (χ0) is 18.6. The molecule has 3 aromatic rings. The van der Waals surface area contributed by atoms with Gasteiger partial charge in [0.15, 0.2) is 0 Å². The first-order chi connectivity index (χ1) is 13.3. The maximum Gasteiger partial charge on any atom is 0.257 e. The quantitative estimate of drug-likeness (QED) is 0.652. The summed E-state index contributed by atoms with van der Waals surface area (Å²) in [6.07, 6.45) is 3.78. The van der Waals surface area contributed by atoms with E-state index < -0.39 is 0 Å². The number of thiazole rings is 1. The molecule has 0 saturated carbocycles. The van der Waals surface area contributed by atoms with E-state index in [0.717, 1.165) is 37.1 Å². The van der Waals surface area contributed by atoms with Crippen molar-refractivity contribution in [1.82, 2.24) is 9.88 Å². The van der Waals surface area contributed by atoms with Crippen molar-refractivity contribution in [1.29, 1.82) is 0 Å². The van der Waals surface area contributed by atoms with Gasteiger partial charge in [0, 0.05) is 30.6 Å². The van der Waals surface area contributed by atoms with Gasteiger partial charge in [0.05, 0.1) is 17.7 Å². The third-order valence-corrected chi connectivity index (χ3v) is 6.06. The number of benzene rings is 2. The number of rotatable bonds is 4.